The molecule has 6 aromatic rings. The van der Waals surface area contributed by atoms with Crippen LogP contribution in [0.5, 0.6) is 28.7 Å². The second-order valence-corrected chi connectivity index (χ2v) is 20.6. The van der Waals surface area contributed by atoms with E-state index in [9.17, 15) is 63.9 Å². The van der Waals surface area contributed by atoms with Crippen molar-refractivity contribution in [1.82, 2.24) is 31.9 Å². The van der Waals surface area contributed by atoms with Crippen LogP contribution in [-0.4, -0.2) is 96.8 Å². The van der Waals surface area contributed by atoms with Gasteiger partial charge in [0.2, 0.25) is 29.5 Å². The maximum absolute atomic E-state index is 14.9. The van der Waals surface area contributed by atoms with E-state index in [0.717, 1.165) is 36.4 Å². The fraction of sp³-hybridized carbons (Fsp3) is 0.279. The largest absolute Gasteiger partial charge is 0.508 e. The summed E-state index contributed by atoms with van der Waals surface area (Å²) in [5, 5.41) is 67.5. The van der Waals surface area contributed by atoms with Crippen LogP contribution in [0.1, 0.15) is 92.5 Å². The molecule has 0 radical (unpaired) electrons. The van der Waals surface area contributed by atoms with Crippen LogP contribution in [0.25, 0.3) is 0 Å². The van der Waals surface area contributed by atoms with Gasteiger partial charge in [-0.2, -0.15) is 0 Å². The standard InChI is InChI=1S/C61H66N6O16/c1-35(2)50(64-58(78)53(67-60(80)83-61(3,4)5)41-28-45(71)31-46(72)29-41)55(75)66-52(40-26-43(69)30-44(70)27-40)57(77)65-51(39-21-23-42(68)24-22-39)56(76)62-47(25-36-15-9-6-10-16-36)54(74)63-48(59(79)82-34-38-19-13-8-14-20-38)32-49(73)81-33-37-17-11-7-12-18-37/h6-24,26-31,35,47-48,50-53,68-72H,25,32-34H2,1-5H3,(H,62,76)(H,63,74)(H,64,78)(H,65,77)(H,66,75)(H,67,80)/t47-,48-,50-,51-,52+,53+/m1/s1. The lowest BCUT2D eigenvalue weighted by Gasteiger charge is -2.29. The van der Waals surface area contributed by atoms with E-state index < -0.39 is 125 Å². The third kappa shape index (κ3) is 19.3. The number of benzene rings is 6. The van der Waals surface area contributed by atoms with Gasteiger partial charge in [0, 0.05) is 18.6 Å². The van der Waals surface area contributed by atoms with E-state index in [1.165, 1.54) is 38.1 Å². The Balaban J connectivity index is 1.31. The van der Waals surface area contributed by atoms with Gasteiger partial charge in [-0.15, -0.1) is 0 Å². The Kier molecular flexibility index (Phi) is 21.6. The summed E-state index contributed by atoms with van der Waals surface area (Å²) >= 11 is 0. The van der Waals surface area contributed by atoms with Crippen LogP contribution < -0.4 is 31.9 Å². The Hall–Kier alpha value is -10.1. The van der Waals surface area contributed by atoms with Crippen molar-refractivity contribution in [2.24, 2.45) is 5.92 Å². The predicted octanol–water partition coefficient (Wildman–Crippen LogP) is 5.73. The van der Waals surface area contributed by atoms with Gasteiger partial charge in [0.1, 0.15) is 83.8 Å². The zero-order chi connectivity index (χ0) is 60.4. The van der Waals surface area contributed by atoms with Gasteiger partial charge in [-0.1, -0.05) is 117 Å². The molecule has 0 aliphatic carbocycles. The van der Waals surface area contributed by atoms with Gasteiger partial charge in [-0.05, 0) is 96.5 Å². The van der Waals surface area contributed by atoms with Gasteiger partial charge in [0.25, 0.3) is 0 Å². The maximum atomic E-state index is 14.9. The third-order valence-corrected chi connectivity index (χ3v) is 12.4. The Morgan fingerprint density at radius 2 is 0.855 bits per heavy atom. The number of carbonyl (C=O) groups is 8. The van der Waals surface area contributed by atoms with Crippen LogP contribution in [0.4, 0.5) is 4.79 Å². The molecule has 6 atom stereocenters. The van der Waals surface area contributed by atoms with E-state index in [2.05, 4.69) is 31.9 Å². The SMILES string of the molecule is CC(C)[C@@H](NC(=O)[C@@H](NC(=O)OC(C)(C)C)c1cc(O)cc(O)c1)C(=O)N[C@H](C(=O)N[C@@H](C(=O)N[C@H](Cc1ccccc1)C(=O)N[C@H](CC(=O)OCc1ccccc1)C(=O)OCc1ccccc1)c1ccc(O)cc1)c1cc(O)cc(O)c1. The molecule has 6 rings (SSSR count). The third-order valence-electron chi connectivity index (χ3n) is 12.4. The molecular formula is C61H66N6O16. The number of ether oxygens (including phenoxy) is 3. The van der Waals surface area contributed by atoms with Gasteiger partial charge < -0.3 is 71.6 Å². The highest BCUT2D eigenvalue weighted by molar-refractivity contribution is 5.98. The summed E-state index contributed by atoms with van der Waals surface area (Å²) in [4.78, 5) is 113. The fourth-order valence-corrected chi connectivity index (χ4v) is 8.36. The zero-order valence-corrected chi connectivity index (χ0v) is 46.0. The number of hydrogen-bond acceptors (Lipinski definition) is 16. The van der Waals surface area contributed by atoms with Crippen LogP contribution in [0.15, 0.2) is 152 Å². The second-order valence-electron chi connectivity index (χ2n) is 20.6. The van der Waals surface area contributed by atoms with Crippen LogP contribution in [0, 0.1) is 5.92 Å². The summed E-state index contributed by atoms with van der Waals surface area (Å²) in [6, 6.07) is 26.8. The first kappa shape index (κ1) is 62.1. The van der Waals surface area contributed by atoms with Crippen LogP contribution in [0.2, 0.25) is 0 Å². The van der Waals surface area contributed by atoms with Gasteiger partial charge >= 0.3 is 18.0 Å². The number of rotatable bonds is 24. The van der Waals surface area contributed by atoms with Crippen molar-refractivity contribution in [3.05, 3.63) is 185 Å². The van der Waals surface area contributed by atoms with E-state index in [-0.39, 0.29) is 42.1 Å². The average Bonchev–Trinajstić information content (AvgIpc) is 3.43. The highest BCUT2D eigenvalue weighted by Crippen LogP contribution is 2.29. The quantitative estimate of drug-likeness (QED) is 0.0255. The summed E-state index contributed by atoms with van der Waals surface area (Å²) in [6.45, 7) is 7.43. The van der Waals surface area contributed by atoms with E-state index in [1.54, 1.807) is 112 Å². The molecule has 0 aliphatic rings. The first-order chi connectivity index (χ1) is 39.4. The topological polar surface area (TPSA) is 338 Å². The van der Waals surface area contributed by atoms with E-state index >= 15 is 0 Å². The van der Waals surface area contributed by atoms with Crippen molar-refractivity contribution in [3.63, 3.8) is 0 Å². The second kappa shape index (κ2) is 28.9. The van der Waals surface area contributed by atoms with Crippen molar-refractivity contribution in [1.29, 1.82) is 0 Å². The molecule has 22 nitrogen and oxygen atoms in total. The molecule has 0 saturated heterocycles. The first-order valence-corrected chi connectivity index (χ1v) is 26.2. The fourth-order valence-electron chi connectivity index (χ4n) is 8.36. The van der Waals surface area contributed by atoms with E-state index in [1.807, 2.05) is 0 Å². The Morgan fingerprint density at radius 1 is 0.434 bits per heavy atom. The minimum atomic E-state index is -1.91. The van der Waals surface area contributed by atoms with Crippen LogP contribution in [0.3, 0.4) is 0 Å². The number of aromatic hydroxyl groups is 5. The minimum absolute atomic E-state index is 0.0220. The van der Waals surface area contributed by atoms with Gasteiger partial charge in [0.05, 0.1) is 6.42 Å². The number of alkyl carbamates (subject to hydrolysis) is 1. The molecule has 0 aromatic heterocycles. The Morgan fingerprint density at radius 3 is 1.35 bits per heavy atom. The summed E-state index contributed by atoms with van der Waals surface area (Å²) in [7, 11) is 0. The number of hydrogen-bond donors (Lipinski definition) is 11. The number of esters is 2. The zero-order valence-electron chi connectivity index (χ0n) is 46.0. The molecule has 83 heavy (non-hydrogen) atoms. The van der Waals surface area contributed by atoms with E-state index in [4.69, 9.17) is 14.2 Å². The van der Waals surface area contributed by atoms with Gasteiger partial charge in [-0.25, -0.2) is 9.59 Å². The molecule has 6 amide bonds. The van der Waals surface area contributed by atoms with Crippen LogP contribution in [-0.2, 0) is 67.4 Å². The highest BCUT2D eigenvalue weighted by atomic mass is 16.6. The van der Waals surface area contributed by atoms with Gasteiger partial charge in [-0.3, -0.25) is 28.8 Å². The summed E-state index contributed by atoms with van der Waals surface area (Å²) in [5.41, 5.74) is 0.414. The predicted molar refractivity (Wildman–Crippen MR) is 299 cm³/mol. The van der Waals surface area contributed by atoms with Gasteiger partial charge in [0.15, 0.2) is 0 Å². The monoisotopic (exact) mass is 1140 g/mol. The number of phenols is 5. The molecule has 0 fully saturated rings. The molecule has 6 aromatic carbocycles. The van der Waals surface area contributed by atoms with Crippen molar-refractivity contribution < 1.29 is 78.1 Å². The van der Waals surface area contributed by atoms with Crippen molar-refractivity contribution >= 4 is 47.6 Å². The minimum Gasteiger partial charge on any atom is -0.508 e. The number of phenolic OH excluding ortho intramolecular Hbond substituents is 5. The molecule has 0 heterocycles. The number of carbonyl (C=O) groups excluding carboxylic acids is 8. The molecule has 436 valence electrons. The molecule has 0 saturated carbocycles. The highest BCUT2D eigenvalue weighted by Gasteiger charge is 2.37. The molecule has 0 spiro atoms. The van der Waals surface area contributed by atoms with E-state index in [0.29, 0.717) is 16.7 Å². The van der Waals surface area contributed by atoms with Crippen molar-refractivity contribution in [2.75, 3.05) is 0 Å². The average molecular weight is 1140 g/mol. The lowest BCUT2D eigenvalue weighted by Crippen LogP contribution is -2.56. The van der Waals surface area contributed by atoms with Crippen molar-refractivity contribution in [3.8, 4) is 28.7 Å². The molecule has 22 heteroatoms. The lowest BCUT2D eigenvalue weighted by atomic mass is 9.98. The lowest BCUT2D eigenvalue weighted by molar-refractivity contribution is -0.155. The Bertz CT molecular complexity index is 3190. The summed E-state index contributed by atoms with van der Waals surface area (Å²) in [6.07, 6.45) is -1.98. The van der Waals surface area contributed by atoms with Crippen LogP contribution >= 0.6 is 0 Å². The maximum Gasteiger partial charge on any atom is 0.408 e. The molecule has 11 N–H and O–H groups in total. The normalized spacial score (nSPS) is 13.3. The number of amides is 6. The Labute approximate surface area is 478 Å². The number of nitrogens with one attached hydrogen (secondary N) is 6. The first-order valence-electron chi connectivity index (χ1n) is 26.2. The summed E-state index contributed by atoms with van der Waals surface area (Å²) < 4.78 is 16.4. The summed E-state index contributed by atoms with van der Waals surface area (Å²) in [5.74, 6) is -10.2. The smallest absolute Gasteiger partial charge is 0.408 e. The molecule has 0 bridgehead atoms. The van der Waals surface area contributed by atoms with Crippen molar-refractivity contribution in [2.45, 2.75) is 103 Å². The molecule has 0 unspecified atom stereocenters. The molecule has 0 aliphatic heterocycles. The molecular weight excluding hydrogens is 1070 g/mol.